The van der Waals surface area contributed by atoms with E-state index in [0.29, 0.717) is 17.4 Å². The molecule has 12 nitrogen and oxygen atoms in total. The van der Waals surface area contributed by atoms with Crippen LogP contribution in [-0.4, -0.2) is 84.6 Å². The molecule has 0 radical (unpaired) electrons. The van der Waals surface area contributed by atoms with Gasteiger partial charge in [0.25, 0.3) is 0 Å². The van der Waals surface area contributed by atoms with E-state index in [4.69, 9.17) is 4.74 Å². The van der Waals surface area contributed by atoms with E-state index in [2.05, 4.69) is 20.6 Å². The lowest BCUT2D eigenvalue weighted by Gasteiger charge is -2.29. The maximum absolute atomic E-state index is 11.8. The Kier molecular flexibility index (Phi) is 4.86. The number of aliphatic imine (C=N–C) groups is 1. The Bertz CT molecular complexity index is 719. The number of anilines is 1. The van der Waals surface area contributed by atoms with Gasteiger partial charge in [-0.05, 0) is 13.8 Å². The summed E-state index contributed by atoms with van der Waals surface area (Å²) < 4.78 is 6.99. The summed E-state index contributed by atoms with van der Waals surface area (Å²) in [5.41, 5.74) is -1.53. The third-order valence-corrected chi connectivity index (χ3v) is 4.39. The first-order chi connectivity index (χ1) is 12.3. The molecule has 0 saturated carbocycles. The van der Waals surface area contributed by atoms with Crippen LogP contribution in [0.25, 0.3) is 0 Å². The second-order valence-electron chi connectivity index (χ2n) is 6.19. The highest BCUT2D eigenvalue weighted by atomic mass is 16.6. The number of aliphatic hydroxyl groups is 3. The molecule has 1 saturated heterocycles. The molecule has 144 valence electrons. The van der Waals surface area contributed by atoms with Gasteiger partial charge < -0.3 is 30.7 Å². The number of fused-ring (bicyclic) bond motifs is 1. The molecule has 6 N–H and O–H groups in total. The highest BCUT2D eigenvalue weighted by Gasteiger charge is 2.53. The molecule has 0 aliphatic carbocycles. The van der Waals surface area contributed by atoms with Crippen LogP contribution in [0.4, 0.5) is 10.6 Å². The molecule has 1 aromatic rings. The molecule has 2 aliphatic rings. The molecule has 1 fully saturated rings. The van der Waals surface area contributed by atoms with Crippen molar-refractivity contribution in [3.8, 4) is 0 Å². The lowest BCUT2D eigenvalue weighted by molar-refractivity contribution is -0.0958. The van der Waals surface area contributed by atoms with Gasteiger partial charge in [-0.25, -0.2) is 14.8 Å². The number of nitrogens with zero attached hydrogens (tertiary/aromatic N) is 4. The number of ether oxygens (including phenoxy) is 1. The summed E-state index contributed by atoms with van der Waals surface area (Å²) in [6, 6.07) is -0.756. The largest absolute Gasteiger partial charge is 0.394 e. The number of aromatic nitrogens is 2. The number of carbonyl (C=O) groups is 1. The van der Waals surface area contributed by atoms with Crippen molar-refractivity contribution in [2.75, 3.05) is 25.1 Å². The standard InChI is InChI=1S/C14H22N6O6/c1-3-15-13(23)20(25)11-8-10(16-5-17-11)19(6-18-8)12-14(2,24)9(22)7(4-21)26-12/h6-7,9,12,16,21-22,24-25H,3-5H2,1-2H3,(H,15,23)/t7-,9-,12?,14-/m1/s1. The van der Waals surface area contributed by atoms with Crippen molar-refractivity contribution in [1.29, 1.82) is 0 Å². The van der Waals surface area contributed by atoms with Gasteiger partial charge >= 0.3 is 6.03 Å². The molecule has 2 aliphatic heterocycles. The second-order valence-corrected chi connectivity index (χ2v) is 6.19. The summed E-state index contributed by atoms with van der Waals surface area (Å²) in [5.74, 6) is 0.273. The van der Waals surface area contributed by atoms with Gasteiger partial charge in [0, 0.05) is 6.54 Å². The van der Waals surface area contributed by atoms with Crippen molar-refractivity contribution < 1.29 is 30.1 Å². The summed E-state index contributed by atoms with van der Waals surface area (Å²) in [4.78, 5) is 20.0. The van der Waals surface area contributed by atoms with Gasteiger partial charge in [-0.15, -0.1) is 0 Å². The molecule has 3 heterocycles. The summed E-state index contributed by atoms with van der Waals surface area (Å²) in [5, 5.41) is 45.9. The number of amides is 2. The Hall–Kier alpha value is -2.25. The first kappa shape index (κ1) is 18.5. The molecule has 1 aromatic heterocycles. The third kappa shape index (κ3) is 2.81. The molecule has 0 spiro atoms. The number of aliphatic hydroxyl groups excluding tert-OH is 2. The van der Waals surface area contributed by atoms with Crippen LogP contribution >= 0.6 is 0 Å². The van der Waals surface area contributed by atoms with Crippen LogP contribution in [0.2, 0.25) is 0 Å². The second kappa shape index (κ2) is 6.81. The Morgan fingerprint density at radius 1 is 1.62 bits per heavy atom. The van der Waals surface area contributed by atoms with Crippen LogP contribution in [-0.2, 0) is 4.74 Å². The van der Waals surface area contributed by atoms with Crippen molar-refractivity contribution in [3.05, 3.63) is 12.0 Å². The van der Waals surface area contributed by atoms with E-state index in [9.17, 15) is 25.3 Å². The van der Waals surface area contributed by atoms with Gasteiger partial charge in [0.05, 0.1) is 12.9 Å². The SMILES string of the molecule is CCNC(=O)N(O)C1=NCNc2c1ncn2C1O[C@H](CO)[C@@H](O)[C@@]1(C)O. The predicted octanol–water partition coefficient (Wildman–Crippen LogP) is -1.56. The third-order valence-electron chi connectivity index (χ3n) is 4.39. The fourth-order valence-corrected chi connectivity index (χ4v) is 3.02. The van der Waals surface area contributed by atoms with Crippen molar-refractivity contribution in [3.63, 3.8) is 0 Å². The zero-order valence-electron chi connectivity index (χ0n) is 14.3. The Balaban J connectivity index is 1.93. The highest BCUT2D eigenvalue weighted by Crippen LogP contribution is 2.40. The molecule has 3 rings (SSSR count). The van der Waals surface area contributed by atoms with Crippen LogP contribution in [0, 0.1) is 0 Å². The minimum Gasteiger partial charge on any atom is -0.394 e. The first-order valence-electron chi connectivity index (χ1n) is 8.12. The Labute approximate surface area is 148 Å². The van der Waals surface area contributed by atoms with E-state index in [1.165, 1.54) is 17.8 Å². The molecule has 12 heteroatoms. The summed E-state index contributed by atoms with van der Waals surface area (Å²) in [7, 11) is 0. The van der Waals surface area contributed by atoms with Gasteiger partial charge in [-0.2, -0.15) is 5.06 Å². The zero-order valence-corrected chi connectivity index (χ0v) is 14.3. The Morgan fingerprint density at radius 2 is 2.35 bits per heavy atom. The number of hydroxylamine groups is 2. The number of hydrogen-bond acceptors (Lipinski definition) is 9. The molecule has 0 aromatic carbocycles. The fraction of sp³-hybridized carbons (Fsp3) is 0.643. The number of amidine groups is 1. The monoisotopic (exact) mass is 370 g/mol. The normalized spacial score (nSPS) is 30.4. The van der Waals surface area contributed by atoms with E-state index in [0.717, 1.165) is 0 Å². The van der Waals surface area contributed by atoms with Crippen LogP contribution in [0.1, 0.15) is 25.8 Å². The van der Waals surface area contributed by atoms with Crippen LogP contribution in [0.5, 0.6) is 0 Å². The molecule has 4 atom stereocenters. The van der Waals surface area contributed by atoms with Gasteiger partial charge in [-0.3, -0.25) is 9.77 Å². The van der Waals surface area contributed by atoms with E-state index in [1.807, 2.05) is 0 Å². The maximum Gasteiger partial charge on any atom is 0.347 e. The zero-order chi connectivity index (χ0) is 19.1. The fourth-order valence-electron chi connectivity index (χ4n) is 3.02. The van der Waals surface area contributed by atoms with Gasteiger partial charge in [0.15, 0.2) is 17.8 Å². The topological polar surface area (TPSA) is 165 Å². The van der Waals surface area contributed by atoms with E-state index < -0.39 is 36.7 Å². The summed E-state index contributed by atoms with van der Waals surface area (Å²) >= 11 is 0. The molecule has 2 amide bonds. The summed E-state index contributed by atoms with van der Waals surface area (Å²) in [6.45, 7) is 2.99. The van der Waals surface area contributed by atoms with Crippen molar-refractivity contribution in [2.24, 2.45) is 4.99 Å². The maximum atomic E-state index is 11.8. The lowest BCUT2D eigenvalue weighted by atomic mass is 9.96. The minimum atomic E-state index is -1.70. The Morgan fingerprint density at radius 3 is 2.96 bits per heavy atom. The van der Waals surface area contributed by atoms with Crippen LogP contribution in [0.15, 0.2) is 11.3 Å². The van der Waals surface area contributed by atoms with E-state index >= 15 is 0 Å². The van der Waals surface area contributed by atoms with Crippen LogP contribution < -0.4 is 10.6 Å². The average Bonchev–Trinajstić information content (AvgIpc) is 3.13. The minimum absolute atomic E-state index is 0.0470. The molecular formula is C14H22N6O6. The van der Waals surface area contributed by atoms with Gasteiger partial charge in [0.2, 0.25) is 0 Å². The molecular weight excluding hydrogens is 348 g/mol. The van der Waals surface area contributed by atoms with Crippen molar-refractivity contribution in [2.45, 2.75) is 37.9 Å². The number of imidazole rings is 1. The average molecular weight is 370 g/mol. The number of hydrogen-bond donors (Lipinski definition) is 6. The van der Waals surface area contributed by atoms with E-state index in [-0.39, 0.29) is 18.2 Å². The predicted molar refractivity (Wildman–Crippen MR) is 87.6 cm³/mol. The quantitative estimate of drug-likeness (QED) is 0.274. The highest BCUT2D eigenvalue weighted by molar-refractivity contribution is 6.08. The van der Waals surface area contributed by atoms with Crippen LogP contribution in [0.3, 0.4) is 0 Å². The first-order valence-corrected chi connectivity index (χ1v) is 8.12. The molecule has 0 bridgehead atoms. The van der Waals surface area contributed by atoms with Gasteiger partial charge in [-0.1, -0.05) is 0 Å². The van der Waals surface area contributed by atoms with Crippen molar-refractivity contribution >= 4 is 17.7 Å². The smallest absolute Gasteiger partial charge is 0.347 e. The van der Waals surface area contributed by atoms with Gasteiger partial charge in [0.1, 0.15) is 30.3 Å². The molecule has 26 heavy (non-hydrogen) atoms. The number of carbonyl (C=O) groups excluding carboxylic acids is 1. The number of urea groups is 1. The molecule has 1 unspecified atom stereocenters. The number of nitrogens with one attached hydrogen (secondary N) is 2. The summed E-state index contributed by atoms with van der Waals surface area (Å²) in [6.07, 6.45) is -1.99. The van der Waals surface area contributed by atoms with E-state index in [1.54, 1.807) is 6.92 Å². The lowest BCUT2D eigenvalue weighted by Crippen LogP contribution is -2.45. The number of rotatable bonds is 3. The van der Waals surface area contributed by atoms with Crippen molar-refractivity contribution in [1.82, 2.24) is 19.9 Å².